The quantitative estimate of drug-likeness (QED) is 0.846. The van der Waals surface area contributed by atoms with Gasteiger partial charge in [-0.15, -0.1) is 0 Å². The van der Waals surface area contributed by atoms with Crippen LogP contribution < -0.4 is 14.8 Å². The van der Waals surface area contributed by atoms with Crippen LogP contribution >= 0.6 is 0 Å². The first-order valence-electron chi connectivity index (χ1n) is 6.01. The van der Waals surface area contributed by atoms with E-state index in [1.807, 2.05) is 0 Å². The van der Waals surface area contributed by atoms with Crippen molar-refractivity contribution < 1.29 is 21.9 Å². The Balaban J connectivity index is 2.16. The molecule has 2 rings (SSSR count). The maximum Gasteiger partial charge on any atom is 0.387 e. The highest BCUT2D eigenvalue weighted by molar-refractivity contribution is 7.90. The normalized spacial score (nSPS) is 17.1. The van der Waals surface area contributed by atoms with Crippen LogP contribution in [-0.2, 0) is 10.2 Å². The number of ether oxygens (including phenoxy) is 1. The molecule has 0 spiro atoms. The molecule has 1 saturated heterocycles. The number of benzene rings is 1. The van der Waals surface area contributed by atoms with Crippen LogP contribution in [0.2, 0.25) is 0 Å². The fourth-order valence-electron chi connectivity index (χ4n) is 1.84. The fraction of sp³-hybridized carbons (Fsp3) is 0.455. The van der Waals surface area contributed by atoms with Gasteiger partial charge in [-0.05, 0) is 12.1 Å². The molecule has 1 aliphatic rings. The van der Waals surface area contributed by atoms with E-state index in [1.165, 1.54) is 28.6 Å². The SMILES string of the molecule is O=S(=O)(Nc1ccccc1OC(F)F)N1CCNCC1. The summed E-state index contributed by atoms with van der Waals surface area (Å²) >= 11 is 0. The average molecular weight is 307 g/mol. The van der Waals surface area contributed by atoms with E-state index in [0.29, 0.717) is 26.2 Å². The Hall–Kier alpha value is -1.45. The van der Waals surface area contributed by atoms with E-state index in [-0.39, 0.29) is 11.4 Å². The minimum atomic E-state index is -3.78. The number of halogens is 2. The number of rotatable bonds is 5. The summed E-state index contributed by atoms with van der Waals surface area (Å²) < 4.78 is 56.6. The van der Waals surface area contributed by atoms with Gasteiger partial charge < -0.3 is 10.1 Å². The Labute approximate surface area is 115 Å². The van der Waals surface area contributed by atoms with Gasteiger partial charge >= 0.3 is 16.8 Å². The number of alkyl halides is 2. The molecule has 1 aromatic rings. The van der Waals surface area contributed by atoms with Gasteiger partial charge in [-0.1, -0.05) is 12.1 Å². The van der Waals surface area contributed by atoms with Crippen LogP contribution in [0, 0.1) is 0 Å². The van der Waals surface area contributed by atoms with E-state index in [9.17, 15) is 17.2 Å². The van der Waals surface area contributed by atoms with Crippen molar-refractivity contribution in [3.8, 4) is 5.75 Å². The molecule has 0 saturated carbocycles. The summed E-state index contributed by atoms with van der Waals surface area (Å²) in [6.45, 7) is -1.26. The minimum Gasteiger partial charge on any atom is -0.433 e. The maximum absolute atomic E-state index is 12.3. The molecule has 20 heavy (non-hydrogen) atoms. The predicted octanol–water partition coefficient (Wildman–Crippen LogP) is 0.850. The van der Waals surface area contributed by atoms with Gasteiger partial charge in [0.25, 0.3) is 0 Å². The Morgan fingerprint density at radius 1 is 1.25 bits per heavy atom. The molecule has 9 heteroatoms. The first kappa shape index (κ1) is 14.9. The molecule has 0 bridgehead atoms. The van der Waals surface area contributed by atoms with Crippen LogP contribution in [0.25, 0.3) is 0 Å². The number of anilines is 1. The Bertz CT molecular complexity index is 548. The highest BCUT2D eigenvalue weighted by atomic mass is 32.2. The van der Waals surface area contributed by atoms with E-state index in [2.05, 4.69) is 14.8 Å². The van der Waals surface area contributed by atoms with Crippen LogP contribution in [0.1, 0.15) is 0 Å². The topological polar surface area (TPSA) is 70.7 Å². The van der Waals surface area contributed by atoms with Crippen LogP contribution in [0.3, 0.4) is 0 Å². The Morgan fingerprint density at radius 2 is 1.90 bits per heavy atom. The van der Waals surface area contributed by atoms with Gasteiger partial charge in [0, 0.05) is 26.2 Å². The molecule has 1 fully saturated rings. The largest absolute Gasteiger partial charge is 0.433 e. The van der Waals surface area contributed by atoms with E-state index in [1.54, 1.807) is 0 Å². The van der Waals surface area contributed by atoms with Gasteiger partial charge in [-0.25, -0.2) is 0 Å². The van der Waals surface area contributed by atoms with Crippen molar-refractivity contribution in [1.82, 2.24) is 9.62 Å². The van der Waals surface area contributed by atoms with Gasteiger partial charge in [-0.2, -0.15) is 21.5 Å². The van der Waals surface area contributed by atoms with Gasteiger partial charge in [0.15, 0.2) is 0 Å². The molecule has 0 aliphatic carbocycles. The average Bonchev–Trinajstić information content (AvgIpc) is 2.41. The summed E-state index contributed by atoms with van der Waals surface area (Å²) in [6, 6.07) is 5.67. The summed E-state index contributed by atoms with van der Waals surface area (Å²) in [5.41, 5.74) is -0.00803. The monoisotopic (exact) mass is 307 g/mol. The van der Waals surface area contributed by atoms with Crippen LogP contribution in [0.4, 0.5) is 14.5 Å². The van der Waals surface area contributed by atoms with Gasteiger partial charge in [0.05, 0.1) is 5.69 Å². The number of hydrogen-bond acceptors (Lipinski definition) is 4. The van der Waals surface area contributed by atoms with Crippen LogP contribution in [-0.4, -0.2) is 45.5 Å². The predicted molar refractivity (Wildman–Crippen MR) is 70.1 cm³/mol. The number of piperazine rings is 1. The minimum absolute atomic E-state index is 0.00803. The second kappa shape index (κ2) is 6.33. The molecule has 1 aliphatic heterocycles. The summed E-state index contributed by atoms with van der Waals surface area (Å²) in [4.78, 5) is 0. The second-order valence-corrected chi connectivity index (χ2v) is 5.80. The molecule has 1 aromatic carbocycles. The molecule has 112 valence electrons. The lowest BCUT2D eigenvalue weighted by molar-refractivity contribution is -0.0493. The van der Waals surface area contributed by atoms with Crippen molar-refractivity contribution in [1.29, 1.82) is 0 Å². The van der Waals surface area contributed by atoms with Crippen molar-refractivity contribution in [2.24, 2.45) is 0 Å². The summed E-state index contributed by atoms with van der Waals surface area (Å²) in [6.07, 6.45) is 0. The lowest BCUT2D eigenvalue weighted by Crippen LogP contribution is -2.48. The van der Waals surface area contributed by atoms with E-state index < -0.39 is 16.8 Å². The van der Waals surface area contributed by atoms with Crippen molar-refractivity contribution in [2.75, 3.05) is 30.9 Å². The molecule has 0 unspecified atom stereocenters. The van der Waals surface area contributed by atoms with Crippen molar-refractivity contribution in [3.63, 3.8) is 0 Å². The van der Waals surface area contributed by atoms with E-state index in [4.69, 9.17) is 0 Å². The van der Waals surface area contributed by atoms with Crippen molar-refractivity contribution in [3.05, 3.63) is 24.3 Å². The van der Waals surface area contributed by atoms with Crippen LogP contribution in [0.15, 0.2) is 24.3 Å². The molecule has 0 amide bonds. The molecular formula is C11H15F2N3O3S. The molecule has 6 nitrogen and oxygen atoms in total. The maximum atomic E-state index is 12.3. The van der Waals surface area contributed by atoms with E-state index >= 15 is 0 Å². The number of nitrogens with one attached hydrogen (secondary N) is 2. The first-order chi connectivity index (χ1) is 9.49. The number of hydrogen-bond donors (Lipinski definition) is 2. The zero-order chi connectivity index (χ0) is 14.6. The highest BCUT2D eigenvalue weighted by Gasteiger charge is 2.24. The van der Waals surface area contributed by atoms with Gasteiger partial charge in [0.1, 0.15) is 5.75 Å². The lowest BCUT2D eigenvalue weighted by Gasteiger charge is -2.27. The molecule has 2 N–H and O–H groups in total. The van der Waals surface area contributed by atoms with Gasteiger partial charge in [-0.3, -0.25) is 4.72 Å². The Kier molecular flexibility index (Phi) is 4.73. The van der Waals surface area contributed by atoms with Crippen LogP contribution in [0.5, 0.6) is 5.75 Å². The summed E-state index contributed by atoms with van der Waals surface area (Å²) in [5, 5.41) is 3.03. The third-order valence-electron chi connectivity index (χ3n) is 2.76. The van der Waals surface area contributed by atoms with Crippen molar-refractivity contribution >= 4 is 15.9 Å². The second-order valence-electron chi connectivity index (χ2n) is 4.13. The summed E-state index contributed by atoms with van der Waals surface area (Å²) in [5.74, 6) is -0.207. The molecular weight excluding hydrogens is 292 g/mol. The smallest absolute Gasteiger partial charge is 0.387 e. The lowest BCUT2D eigenvalue weighted by atomic mass is 10.3. The molecule has 0 radical (unpaired) electrons. The summed E-state index contributed by atoms with van der Waals surface area (Å²) in [7, 11) is -3.78. The zero-order valence-corrected chi connectivity index (χ0v) is 11.4. The van der Waals surface area contributed by atoms with E-state index in [0.717, 1.165) is 0 Å². The van der Waals surface area contributed by atoms with Crippen molar-refractivity contribution in [2.45, 2.75) is 6.61 Å². The zero-order valence-electron chi connectivity index (χ0n) is 10.6. The first-order valence-corrected chi connectivity index (χ1v) is 7.45. The molecule has 1 heterocycles. The number of nitrogens with zero attached hydrogens (tertiary/aromatic N) is 1. The molecule has 0 aromatic heterocycles. The highest BCUT2D eigenvalue weighted by Crippen LogP contribution is 2.27. The Morgan fingerprint density at radius 3 is 2.55 bits per heavy atom. The molecule has 0 atom stereocenters. The third kappa shape index (κ3) is 3.78. The fourth-order valence-corrected chi connectivity index (χ4v) is 3.08. The van der Waals surface area contributed by atoms with Gasteiger partial charge in [0.2, 0.25) is 0 Å². The standard InChI is InChI=1S/C11H15F2N3O3S/c12-11(13)19-10-4-2-1-3-9(10)15-20(17,18)16-7-5-14-6-8-16/h1-4,11,14-15H,5-8H2. The third-order valence-corrected chi connectivity index (χ3v) is 4.28. The number of para-hydroxylation sites is 2.